The first-order valence-electron chi connectivity index (χ1n) is 17.0. The zero-order chi connectivity index (χ0) is 35.1. The van der Waals surface area contributed by atoms with Gasteiger partial charge in [-0.15, -0.1) is 0 Å². The molecule has 3 aromatic heterocycles. The van der Waals surface area contributed by atoms with Crippen LogP contribution in [-0.2, 0) is 0 Å². The maximum atomic E-state index is 14.1. The minimum atomic E-state index is -0.848. The van der Waals surface area contributed by atoms with Crippen molar-refractivity contribution in [2.75, 3.05) is 36.8 Å². The van der Waals surface area contributed by atoms with E-state index in [0.717, 1.165) is 60.4 Å². The van der Waals surface area contributed by atoms with Crippen LogP contribution in [0.5, 0.6) is 17.4 Å². The molecule has 11 nitrogen and oxygen atoms in total. The van der Waals surface area contributed by atoms with Gasteiger partial charge in [0, 0.05) is 49.2 Å². The molecule has 0 spiro atoms. The monoisotopic (exact) mass is 685 g/mol. The Balaban J connectivity index is 1.14. The smallest absolute Gasteiger partial charge is 0.219 e. The molecular weight excluding hydrogens is 644 g/mol. The van der Waals surface area contributed by atoms with Gasteiger partial charge in [0.2, 0.25) is 17.4 Å². The second-order valence-corrected chi connectivity index (χ2v) is 13.4. The van der Waals surface area contributed by atoms with Crippen LogP contribution in [0.4, 0.5) is 20.3 Å². The number of pyridine rings is 1. The number of hydrogen-bond donors (Lipinski definition) is 3. The van der Waals surface area contributed by atoms with Gasteiger partial charge in [-0.1, -0.05) is 6.07 Å². The number of H-pyrrole nitrogens is 1. The van der Waals surface area contributed by atoms with Crippen molar-refractivity contribution in [2.24, 2.45) is 0 Å². The summed E-state index contributed by atoms with van der Waals surface area (Å²) in [7, 11) is 0. The number of ether oxygens (including phenoxy) is 2. The Kier molecular flexibility index (Phi) is 9.19. The van der Waals surface area contributed by atoms with E-state index in [1.165, 1.54) is 29.2 Å². The molecule has 7 rings (SSSR count). The molecule has 0 amide bonds. The minimum absolute atomic E-state index is 0.0141. The molecule has 2 aliphatic heterocycles. The first-order chi connectivity index (χ1) is 24.0. The van der Waals surface area contributed by atoms with E-state index in [2.05, 4.69) is 38.7 Å². The predicted molar refractivity (Wildman–Crippen MR) is 186 cm³/mol. The third-order valence-electron chi connectivity index (χ3n) is 9.71. The Bertz CT molecular complexity index is 2010. The fourth-order valence-corrected chi connectivity index (χ4v) is 6.76. The highest BCUT2D eigenvalue weighted by Crippen LogP contribution is 2.37. The predicted octanol–water partition coefficient (Wildman–Crippen LogP) is 6.15. The zero-order valence-corrected chi connectivity index (χ0v) is 28.3. The molecule has 0 saturated carbocycles. The number of nitrogens with zero attached hydrogens (tertiary/aromatic N) is 5. The van der Waals surface area contributed by atoms with Gasteiger partial charge in [-0.2, -0.15) is 5.10 Å². The number of rotatable bonds is 9. The van der Waals surface area contributed by atoms with Crippen LogP contribution in [0.2, 0.25) is 0 Å². The van der Waals surface area contributed by atoms with Crippen molar-refractivity contribution in [1.82, 2.24) is 24.6 Å². The summed E-state index contributed by atoms with van der Waals surface area (Å²) in [6.07, 6.45) is 5.82. The number of para-hydroxylation sites is 1. The SMILES string of the molecule is Cc1cc(Oc2c(F)cccc2F)ncc1-n1ncc(C(=O)c2cc3cc(OC4CCN(C(C)C)CC4)c(N4CCC(O)CC4)cc3[nH]2)c1N. The van der Waals surface area contributed by atoms with Gasteiger partial charge in [-0.3, -0.25) is 4.79 Å². The van der Waals surface area contributed by atoms with Crippen molar-refractivity contribution < 1.29 is 28.2 Å². The minimum Gasteiger partial charge on any atom is -0.488 e. The largest absolute Gasteiger partial charge is 0.488 e. The van der Waals surface area contributed by atoms with Gasteiger partial charge in [0.05, 0.1) is 41.1 Å². The van der Waals surface area contributed by atoms with Crippen LogP contribution in [0.3, 0.4) is 0 Å². The fourth-order valence-electron chi connectivity index (χ4n) is 6.76. The van der Waals surface area contributed by atoms with Gasteiger partial charge in [0.15, 0.2) is 11.6 Å². The molecule has 0 atom stereocenters. The van der Waals surface area contributed by atoms with E-state index in [4.69, 9.17) is 15.2 Å². The Morgan fingerprint density at radius 3 is 2.40 bits per heavy atom. The molecule has 5 aromatic rings. The number of piperidine rings is 2. The van der Waals surface area contributed by atoms with E-state index >= 15 is 0 Å². The number of ketones is 1. The summed E-state index contributed by atoms with van der Waals surface area (Å²) in [4.78, 5) is 26.0. The fraction of sp³-hybridized carbons (Fsp3) is 0.378. The Morgan fingerprint density at radius 1 is 1.00 bits per heavy atom. The van der Waals surface area contributed by atoms with Crippen molar-refractivity contribution in [3.63, 3.8) is 0 Å². The number of nitrogens with two attached hydrogens (primary N) is 1. The van der Waals surface area contributed by atoms with Gasteiger partial charge < -0.3 is 35.1 Å². The number of carbonyl (C=O) groups excluding carboxylic acids is 1. The highest BCUT2D eigenvalue weighted by atomic mass is 19.1. The first-order valence-corrected chi connectivity index (χ1v) is 17.0. The molecule has 2 aromatic carbocycles. The van der Waals surface area contributed by atoms with Crippen molar-refractivity contribution in [3.8, 4) is 23.1 Å². The van der Waals surface area contributed by atoms with E-state index in [9.17, 15) is 18.7 Å². The summed E-state index contributed by atoms with van der Waals surface area (Å²) in [5.74, 6) is -1.72. The van der Waals surface area contributed by atoms with E-state index in [1.807, 2.05) is 12.1 Å². The number of carbonyl (C=O) groups is 1. The second-order valence-electron chi connectivity index (χ2n) is 13.4. The molecule has 5 heterocycles. The van der Waals surface area contributed by atoms with Crippen molar-refractivity contribution in [2.45, 2.75) is 64.7 Å². The maximum absolute atomic E-state index is 14.1. The summed E-state index contributed by atoms with van der Waals surface area (Å²) in [6, 6.07) is 11.3. The Hall–Kier alpha value is -5.01. The number of hydrogen-bond acceptors (Lipinski definition) is 9. The number of halogens is 2. The number of nitrogen functional groups attached to an aromatic ring is 1. The lowest BCUT2D eigenvalue weighted by Crippen LogP contribution is -2.42. The zero-order valence-electron chi connectivity index (χ0n) is 28.3. The number of aryl methyl sites for hydroxylation is 1. The van der Waals surface area contributed by atoms with Crippen molar-refractivity contribution >= 4 is 28.2 Å². The van der Waals surface area contributed by atoms with Crippen LogP contribution < -0.4 is 20.1 Å². The molecule has 262 valence electrons. The molecule has 2 fully saturated rings. The number of aromatic nitrogens is 4. The molecule has 13 heteroatoms. The van der Waals surface area contributed by atoms with Gasteiger partial charge in [0.25, 0.3) is 0 Å². The highest BCUT2D eigenvalue weighted by Gasteiger charge is 2.27. The summed E-state index contributed by atoms with van der Waals surface area (Å²) < 4.78 is 41.7. The average molecular weight is 686 g/mol. The lowest BCUT2D eigenvalue weighted by atomic mass is 10.0. The number of aliphatic hydroxyl groups excluding tert-OH is 1. The highest BCUT2D eigenvalue weighted by molar-refractivity contribution is 6.12. The second kappa shape index (κ2) is 13.7. The summed E-state index contributed by atoms with van der Waals surface area (Å²) >= 11 is 0. The molecule has 2 saturated heterocycles. The van der Waals surface area contributed by atoms with Gasteiger partial charge in [-0.25, -0.2) is 18.4 Å². The Morgan fingerprint density at radius 2 is 1.72 bits per heavy atom. The molecule has 0 bridgehead atoms. The molecular formula is C37H41F2N7O4. The summed E-state index contributed by atoms with van der Waals surface area (Å²) in [6.45, 7) is 9.55. The van der Waals surface area contributed by atoms with Crippen LogP contribution in [0, 0.1) is 18.6 Å². The molecule has 2 aliphatic rings. The number of nitrogens with one attached hydrogen (secondary N) is 1. The molecule has 0 unspecified atom stereocenters. The van der Waals surface area contributed by atoms with Crippen LogP contribution in [0.1, 0.15) is 61.1 Å². The molecule has 50 heavy (non-hydrogen) atoms. The van der Waals surface area contributed by atoms with Crippen LogP contribution >= 0.6 is 0 Å². The van der Waals surface area contributed by atoms with Crippen LogP contribution in [0.15, 0.2) is 54.9 Å². The number of fused-ring (bicyclic) bond motifs is 1. The van der Waals surface area contributed by atoms with Crippen molar-refractivity contribution in [1.29, 1.82) is 0 Å². The van der Waals surface area contributed by atoms with E-state index in [-0.39, 0.29) is 35.3 Å². The van der Waals surface area contributed by atoms with Gasteiger partial charge in [0.1, 0.15) is 17.7 Å². The normalized spacial score (nSPS) is 16.4. The molecule has 0 radical (unpaired) electrons. The number of aromatic amines is 1. The average Bonchev–Trinajstić information content (AvgIpc) is 3.69. The number of aliphatic hydroxyl groups is 1. The topological polar surface area (TPSA) is 135 Å². The van der Waals surface area contributed by atoms with E-state index in [1.54, 1.807) is 13.0 Å². The lowest BCUT2D eigenvalue weighted by Gasteiger charge is -2.36. The Labute approximate surface area is 288 Å². The van der Waals surface area contributed by atoms with E-state index in [0.29, 0.717) is 48.9 Å². The first kappa shape index (κ1) is 33.5. The van der Waals surface area contributed by atoms with Crippen LogP contribution in [-0.4, -0.2) is 80.0 Å². The number of anilines is 2. The lowest BCUT2D eigenvalue weighted by molar-refractivity contribution is 0.0844. The van der Waals surface area contributed by atoms with E-state index < -0.39 is 17.4 Å². The molecule has 0 aliphatic carbocycles. The van der Waals surface area contributed by atoms with Crippen LogP contribution in [0.25, 0.3) is 16.6 Å². The quantitative estimate of drug-likeness (QED) is 0.156. The third-order valence-corrected chi connectivity index (χ3v) is 9.71. The van der Waals surface area contributed by atoms with Gasteiger partial charge >= 0.3 is 0 Å². The number of likely N-dealkylation sites (tertiary alicyclic amines) is 1. The number of benzene rings is 2. The summed E-state index contributed by atoms with van der Waals surface area (Å²) in [5, 5.41) is 15.4. The molecule has 4 N–H and O–H groups in total. The van der Waals surface area contributed by atoms with Crippen molar-refractivity contribution in [3.05, 3.63) is 83.3 Å². The maximum Gasteiger partial charge on any atom is 0.219 e. The van der Waals surface area contributed by atoms with Gasteiger partial charge in [-0.05, 0) is 82.3 Å². The standard InChI is InChI=1S/C37H41F2N7O4/c1-21(2)44-13-9-25(10-14-44)49-33-17-23-16-30(43-29(23)18-31(33)45-11-7-24(47)8-12-45)35(48)26-19-42-46(37(26)40)32-20-41-34(15-22(32)3)50-36-27(38)5-4-6-28(36)39/h4-6,15-21,24-25,43,47H,7-14,40H2,1-3H3. The summed E-state index contributed by atoms with van der Waals surface area (Å²) in [5.41, 5.74) is 9.82. The third kappa shape index (κ3) is 6.62.